The van der Waals surface area contributed by atoms with Gasteiger partial charge in [0.1, 0.15) is 0 Å². The van der Waals surface area contributed by atoms with Crippen LogP contribution in [0.15, 0.2) is 36.4 Å². The molecule has 0 saturated heterocycles. The van der Waals surface area contributed by atoms with E-state index >= 15 is 0 Å². The Morgan fingerprint density at radius 1 is 1.00 bits per heavy atom. The molecule has 2 heteroatoms. The molecule has 0 aliphatic heterocycles. The molecule has 0 bridgehead atoms. The van der Waals surface area contributed by atoms with E-state index in [1.807, 2.05) is 36.4 Å². The van der Waals surface area contributed by atoms with Gasteiger partial charge in [0.2, 0.25) is 0 Å². The third kappa shape index (κ3) is 1.66. The van der Waals surface area contributed by atoms with Gasteiger partial charge in [-0.15, -0.1) is 0 Å². The van der Waals surface area contributed by atoms with Gasteiger partial charge in [-0.05, 0) is 19.1 Å². The Kier molecular flexibility index (Phi) is 2.86. The van der Waals surface area contributed by atoms with Gasteiger partial charge < -0.3 is 0 Å². The summed E-state index contributed by atoms with van der Waals surface area (Å²) in [4.78, 5) is 4.26. The summed E-state index contributed by atoms with van der Waals surface area (Å²) in [6.07, 6.45) is 0. The molecule has 12 heavy (non-hydrogen) atoms. The fourth-order valence-electron chi connectivity index (χ4n) is 1.11. The number of fused-ring (bicyclic) bond motifs is 1. The molecule has 59 valence electrons. The summed E-state index contributed by atoms with van der Waals surface area (Å²) in [6.45, 7) is 3.76. The van der Waals surface area contributed by atoms with Crippen LogP contribution in [-0.2, 0) is 0 Å². The highest BCUT2D eigenvalue weighted by Gasteiger charge is 1.91. The Balaban J connectivity index is 0.000000720. The highest BCUT2D eigenvalue weighted by Crippen LogP contribution is 2.10. The van der Waals surface area contributed by atoms with Crippen LogP contribution in [0.3, 0.4) is 0 Å². The fourth-order valence-corrected chi connectivity index (χ4v) is 1.11. The van der Waals surface area contributed by atoms with E-state index < -0.39 is 0 Å². The standard InChI is InChI=1S/C10H8N.Al.3H/c1-8-6-7-9-4-2-3-5-10(9)11-8;;;;/h2-7H,1H2;;;;. The van der Waals surface area contributed by atoms with Gasteiger partial charge in [0, 0.05) is 11.1 Å². The maximum Gasteiger partial charge on any atom is 0.187 e. The zero-order valence-electron chi connectivity index (χ0n) is 6.12. The molecule has 1 nitrogen and oxygen atoms in total. The smallest absolute Gasteiger partial charge is 0.187 e. The topological polar surface area (TPSA) is 12.9 Å². The first-order valence-electron chi connectivity index (χ1n) is 3.54. The van der Waals surface area contributed by atoms with Crippen molar-refractivity contribution in [2.75, 3.05) is 0 Å². The molecule has 1 aromatic heterocycles. The van der Waals surface area contributed by atoms with Gasteiger partial charge in [0.25, 0.3) is 0 Å². The molecule has 1 radical (unpaired) electrons. The van der Waals surface area contributed by atoms with E-state index in [1.165, 1.54) is 5.39 Å². The normalized spacial score (nSPS) is 9.42. The van der Waals surface area contributed by atoms with Gasteiger partial charge in [0.05, 0.1) is 5.52 Å². The van der Waals surface area contributed by atoms with Crippen molar-refractivity contribution in [2.24, 2.45) is 0 Å². The summed E-state index contributed by atoms with van der Waals surface area (Å²) in [5.41, 5.74) is 1.84. The lowest BCUT2D eigenvalue weighted by molar-refractivity contribution is 1.34. The Hall–Kier alpha value is -0.838. The predicted octanol–water partition coefficient (Wildman–Crippen LogP) is 1.23. The van der Waals surface area contributed by atoms with Crippen LogP contribution < -0.4 is 0 Å². The average Bonchev–Trinajstić information content (AvgIpc) is 2.04. The molecule has 0 unspecified atom stereocenters. The quantitative estimate of drug-likeness (QED) is 0.545. The summed E-state index contributed by atoms with van der Waals surface area (Å²) >= 11 is 0. The molecule has 2 rings (SSSR count). The first kappa shape index (κ1) is 9.25. The molecule has 0 saturated carbocycles. The molecule has 0 N–H and O–H groups in total. The lowest BCUT2D eigenvalue weighted by Crippen LogP contribution is -1.80. The van der Waals surface area contributed by atoms with Crippen molar-refractivity contribution in [3.63, 3.8) is 0 Å². The van der Waals surface area contributed by atoms with Crippen LogP contribution >= 0.6 is 0 Å². The maximum atomic E-state index is 4.26. The van der Waals surface area contributed by atoms with Crippen molar-refractivity contribution in [3.8, 4) is 0 Å². The number of rotatable bonds is 0. The van der Waals surface area contributed by atoms with Crippen molar-refractivity contribution in [3.05, 3.63) is 49.0 Å². The first-order valence-corrected chi connectivity index (χ1v) is 3.54. The van der Waals surface area contributed by atoms with Crippen molar-refractivity contribution in [2.45, 2.75) is 0 Å². The molecule has 1 aromatic carbocycles. The first-order chi connectivity index (χ1) is 5.36. The zero-order chi connectivity index (χ0) is 7.68. The highest BCUT2D eigenvalue weighted by molar-refractivity contribution is 5.78. The van der Waals surface area contributed by atoms with Gasteiger partial charge in [-0.2, -0.15) is 0 Å². The fraction of sp³-hybridized carbons (Fsp3) is 0. The average molecular weight is 172 g/mol. The van der Waals surface area contributed by atoms with Crippen LogP contribution in [0.5, 0.6) is 0 Å². The van der Waals surface area contributed by atoms with Gasteiger partial charge in [-0.25, -0.2) is 0 Å². The molecule has 0 atom stereocenters. The monoisotopic (exact) mass is 172 g/mol. The summed E-state index contributed by atoms with van der Waals surface area (Å²) in [7, 11) is 0. The Morgan fingerprint density at radius 2 is 1.75 bits per heavy atom. The van der Waals surface area contributed by atoms with Gasteiger partial charge >= 0.3 is 0 Å². The van der Waals surface area contributed by atoms with Gasteiger partial charge in [-0.3, -0.25) is 4.98 Å². The lowest BCUT2D eigenvalue weighted by atomic mass is 10.2. The zero-order valence-corrected chi connectivity index (χ0v) is 6.12. The van der Waals surface area contributed by atoms with E-state index in [9.17, 15) is 0 Å². The SMILES string of the molecule is [AlH3].[CH2]c1ccc2ccccc2n1. The Labute approximate surface area is 82.6 Å². The molecule has 0 fully saturated rings. The summed E-state index contributed by atoms with van der Waals surface area (Å²) in [5, 5.41) is 1.17. The maximum absolute atomic E-state index is 4.26. The number of nitrogens with zero attached hydrogens (tertiary/aromatic N) is 1. The number of pyridine rings is 1. The number of aromatic nitrogens is 1. The minimum atomic E-state index is 0. The van der Waals surface area contributed by atoms with Crippen LogP contribution in [0.25, 0.3) is 10.9 Å². The van der Waals surface area contributed by atoms with Crippen molar-refractivity contribution in [1.29, 1.82) is 0 Å². The van der Waals surface area contributed by atoms with E-state index in [-0.39, 0.29) is 17.4 Å². The Bertz CT molecular complexity index is 384. The van der Waals surface area contributed by atoms with Crippen LogP contribution in [0.4, 0.5) is 0 Å². The second kappa shape index (κ2) is 3.71. The number of hydrogen-bond donors (Lipinski definition) is 0. The summed E-state index contributed by atoms with van der Waals surface area (Å²) in [5.74, 6) is 0. The van der Waals surface area contributed by atoms with Crippen LogP contribution in [0, 0.1) is 6.92 Å². The minimum Gasteiger partial charge on any atom is -0.253 e. The Morgan fingerprint density at radius 3 is 2.58 bits per heavy atom. The molecule has 2 aromatic rings. The second-order valence-corrected chi connectivity index (χ2v) is 2.50. The molecule has 0 aliphatic carbocycles. The van der Waals surface area contributed by atoms with Crippen molar-refractivity contribution >= 4 is 28.3 Å². The van der Waals surface area contributed by atoms with Crippen LogP contribution in [-0.4, -0.2) is 22.3 Å². The van der Waals surface area contributed by atoms with Crippen LogP contribution in [0.2, 0.25) is 0 Å². The molecular formula is C10H11AlN. The number of para-hydroxylation sites is 1. The van der Waals surface area contributed by atoms with E-state index in [0.717, 1.165) is 11.2 Å². The van der Waals surface area contributed by atoms with E-state index in [4.69, 9.17) is 0 Å². The van der Waals surface area contributed by atoms with E-state index in [2.05, 4.69) is 11.9 Å². The van der Waals surface area contributed by atoms with Gasteiger partial charge in [-0.1, -0.05) is 24.3 Å². The third-order valence-electron chi connectivity index (χ3n) is 1.66. The third-order valence-corrected chi connectivity index (χ3v) is 1.66. The highest BCUT2D eigenvalue weighted by atomic mass is 27.0. The number of benzene rings is 1. The predicted molar refractivity (Wildman–Crippen MR) is 56.1 cm³/mol. The van der Waals surface area contributed by atoms with Crippen LogP contribution in [0.1, 0.15) is 5.69 Å². The largest absolute Gasteiger partial charge is 0.253 e. The van der Waals surface area contributed by atoms with Gasteiger partial charge in [0.15, 0.2) is 17.4 Å². The molecule has 0 spiro atoms. The van der Waals surface area contributed by atoms with E-state index in [0.29, 0.717) is 0 Å². The molecule has 0 amide bonds. The molecule has 0 aliphatic rings. The summed E-state index contributed by atoms with van der Waals surface area (Å²) in [6, 6.07) is 12.0. The molecular weight excluding hydrogens is 161 g/mol. The van der Waals surface area contributed by atoms with Crippen molar-refractivity contribution in [1.82, 2.24) is 4.98 Å². The number of hydrogen-bond acceptors (Lipinski definition) is 1. The minimum absolute atomic E-state index is 0. The lowest BCUT2D eigenvalue weighted by Gasteiger charge is -1.95. The summed E-state index contributed by atoms with van der Waals surface area (Å²) < 4.78 is 0. The molecule has 1 heterocycles. The van der Waals surface area contributed by atoms with E-state index in [1.54, 1.807) is 0 Å². The van der Waals surface area contributed by atoms with Crippen molar-refractivity contribution < 1.29 is 0 Å². The second-order valence-electron chi connectivity index (χ2n) is 2.50.